The molecule has 0 unspecified atom stereocenters. The molecule has 6 nitrogen and oxygen atoms in total. The van der Waals surface area contributed by atoms with E-state index in [4.69, 9.17) is 16.3 Å². The maximum atomic E-state index is 12.3. The molecule has 0 aromatic heterocycles. The molecule has 0 fully saturated rings. The summed E-state index contributed by atoms with van der Waals surface area (Å²) in [4.78, 5) is 12.3. The highest BCUT2D eigenvalue weighted by atomic mass is 35.5. The number of carbonyl (C=O) groups is 1. The van der Waals surface area contributed by atoms with Gasteiger partial charge in [-0.25, -0.2) is 8.42 Å². The Morgan fingerprint density at radius 3 is 2.63 bits per heavy atom. The molecule has 1 amide bonds. The Morgan fingerprint density at radius 2 is 2.00 bits per heavy atom. The van der Waals surface area contributed by atoms with Crippen molar-refractivity contribution in [1.82, 2.24) is 5.32 Å². The van der Waals surface area contributed by atoms with Crippen LogP contribution in [0, 0.1) is 6.92 Å². The molecular weight excluding hydrogens is 444 g/mol. The Morgan fingerprint density at radius 1 is 1.23 bits per heavy atom. The Balaban J connectivity index is 1.81. The molecule has 0 saturated heterocycles. The number of aryl methyl sites for hydroxylation is 1. The van der Waals surface area contributed by atoms with Crippen molar-refractivity contribution in [3.8, 4) is 5.75 Å². The molecule has 0 heterocycles. The minimum absolute atomic E-state index is 0.273. The number of nitrogens with one attached hydrogen (secondary N) is 1. The van der Waals surface area contributed by atoms with Crippen molar-refractivity contribution in [2.75, 3.05) is 36.5 Å². The van der Waals surface area contributed by atoms with Crippen molar-refractivity contribution in [2.24, 2.45) is 0 Å². The topological polar surface area (TPSA) is 75.7 Å². The molecule has 2 rings (SSSR count). The smallest absolute Gasteiger partial charge is 0.240 e. The van der Waals surface area contributed by atoms with E-state index >= 15 is 0 Å². The maximum Gasteiger partial charge on any atom is 0.240 e. The molecule has 0 aliphatic heterocycles. The van der Waals surface area contributed by atoms with Gasteiger partial charge in [0, 0.05) is 12.3 Å². The lowest BCUT2D eigenvalue weighted by molar-refractivity contribution is -0.119. The third-order valence-electron chi connectivity index (χ3n) is 4.25. The molecule has 0 aliphatic rings. The summed E-state index contributed by atoms with van der Waals surface area (Å²) in [6, 6.07) is 13.0. The third kappa shape index (κ3) is 7.74. The normalized spacial score (nSPS) is 11.2. The van der Waals surface area contributed by atoms with Crippen molar-refractivity contribution < 1.29 is 17.9 Å². The Hall–Kier alpha value is -1.90. The molecule has 1 N–H and O–H groups in total. The number of nitrogens with zero attached hydrogens (tertiary/aromatic N) is 1. The zero-order chi connectivity index (χ0) is 22.1. The first-order valence-electron chi connectivity index (χ1n) is 9.42. The number of methoxy groups -OCH3 is 1. The summed E-state index contributed by atoms with van der Waals surface area (Å²) in [7, 11) is -2.18. The first-order chi connectivity index (χ1) is 14.2. The fourth-order valence-corrected chi connectivity index (χ4v) is 4.80. The monoisotopic (exact) mass is 470 g/mol. The van der Waals surface area contributed by atoms with Gasteiger partial charge in [-0.05, 0) is 42.9 Å². The molecule has 9 heteroatoms. The summed E-state index contributed by atoms with van der Waals surface area (Å²) in [5.41, 5.74) is 2.84. The van der Waals surface area contributed by atoms with Gasteiger partial charge >= 0.3 is 0 Å². The number of hydrogen-bond donors (Lipinski definition) is 1. The summed E-state index contributed by atoms with van der Waals surface area (Å²) in [5.74, 6) is 1.89. The first kappa shape index (κ1) is 24.4. The van der Waals surface area contributed by atoms with Gasteiger partial charge in [0.25, 0.3) is 0 Å². The molecule has 0 bridgehead atoms. The number of rotatable bonds is 11. The van der Waals surface area contributed by atoms with E-state index in [1.165, 1.54) is 24.3 Å². The van der Waals surface area contributed by atoms with Crippen LogP contribution in [0.1, 0.15) is 17.5 Å². The van der Waals surface area contributed by atoms with Crippen LogP contribution in [0.3, 0.4) is 0 Å². The molecule has 0 atom stereocenters. The second kappa shape index (κ2) is 11.5. The second-order valence-corrected chi connectivity index (χ2v) is 10.3. The van der Waals surface area contributed by atoms with E-state index < -0.39 is 10.0 Å². The van der Waals surface area contributed by atoms with Gasteiger partial charge in [-0.1, -0.05) is 41.4 Å². The highest BCUT2D eigenvalue weighted by molar-refractivity contribution is 7.98. The Kier molecular flexibility index (Phi) is 9.33. The van der Waals surface area contributed by atoms with E-state index in [2.05, 4.69) is 36.5 Å². The molecular formula is C21H27ClN2O4S2. The molecule has 0 radical (unpaired) electrons. The predicted octanol–water partition coefficient (Wildman–Crippen LogP) is 3.86. The molecule has 0 saturated carbocycles. The van der Waals surface area contributed by atoms with Gasteiger partial charge in [0.05, 0.1) is 24.1 Å². The van der Waals surface area contributed by atoms with Crippen LogP contribution >= 0.6 is 23.4 Å². The predicted molar refractivity (Wildman–Crippen MR) is 125 cm³/mol. The van der Waals surface area contributed by atoms with E-state index in [1.54, 1.807) is 23.9 Å². The van der Waals surface area contributed by atoms with Gasteiger partial charge in [-0.15, -0.1) is 0 Å². The van der Waals surface area contributed by atoms with E-state index in [1.807, 2.05) is 0 Å². The van der Waals surface area contributed by atoms with Crippen molar-refractivity contribution in [3.63, 3.8) is 0 Å². The lowest BCUT2D eigenvalue weighted by atomic mass is 10.2. The summed E-state index contributed by atoms with van der Waals surface area (Å²) in [5, 5.41) is 3.06. The largest absolute Gasteiger partial charge is 0.495 e. The lowest BCUT2D eigenvalue weighted by Gasteiger charge is -2.22. The number of ether oxygens (including phenoxy) is 1. The van der Waals surface area contributed by atoms with E-state index in [-0.39, 0.29) is 17.5 Å². The van der Waals surface area contributed by atoms with Gasteiger partial charge in [-0.3, -0.25) is 9.10 Å². The standard InChI is InChI=1S/C21H27ClN2O4S2/c1-16-6-4-7-17(12-16)15-29-11-5-10-23-21(25)14-24(30(3,26)27)18-8-9-20(28-2)19(22)13-18/h4,6-9,12-13H,5,10-11,14-15H2,1-3H3,(H,23,25). The number of halogens is 1. The van der Waals surface area contributed by atoms with Crippen LogP contribution in [-0.4, -0.2) is 46.5 Å². The number of sulfonamides is 1. The van der Waals surface area contributed by atoms with E-state index in [0.29, 0.717) is 18.0 Å². The molecule has 164 valence electrons. The number of anilines is 1. The second-order valence-electron chi connectivity index (χ2n) is 6.83. The van der Waals surface area contributed by atoms with Crippen LogP contribution in [0.5, 0.6) is 5.75 Å². The van der Waals surface area contributed by atoms with Crippen molar-refractivity contribution in [3.05, 3.63) is 58.6 Å². The highest BCUT2D eigenvalue weighted by Crippen LogP contribution is 2.30. The van der Waals surface area contributed by atoms with Crippen molar-refractivity contribution in [1.29, 1.82) is 0 Å². The summed E-state index contributed by atoms with van der Waals surface area (Å²) in [6.45, 7) is 2.25. The average molecular weight is 471 g/mol. The van der Waals surface area contributed by atoms with Crippen LogP contribution < -0.4 is 14.4 Å². The molecule has 2 aromatic rings. The van der Waals surface area contributed by atoms with Gasteiger partial charge in [-0.2, -0.15) is 11.8 Å². The Labute approximate surface area is 188 Å². The van der Waals surface area contributed by atoms with Crippen LogP contribution in [0.25, 0.3) is 0 Å². The minimum Gasteiger partial charge on any atom is -0.495 e. The van der Waals surface area contributed by atoms with Crippen molar-refractivity contribution in [2.45, 2.75) is 19.1 Å². The van der Waals surface area contributed by atoms with Crippen LogP contribution in [-0.2, 0) is 20.6 Å². The summed E-state index contributed by atoms with van der Waals surface area (Å²) < 4.78 is 30.5. The summed E-state index contributed by atoms with van der Waals surface area (Å²) in [6.07, 6.45) is 1.86. The highest BCUT2D eigenvalue weighted by Gasteiger charge is 2.21. The van der Waals surface area contributed by atoms with Gasteiger partial charge in [0.1, 0.15) is 12.3 Å². The number of thioether (sulfide) groups is 1. The first-order valence-corrected chi connectivity index (χ1v) is 12.8. The number of benzene rings is 2. The molecule has 0 aliphatic carbocycles. The van der Waals surface area contributed by atoms with Crippen LogP contribution in [0.15, 0.2) is 42.5 Å². The number of amides is 1. The molecule has 30 heavy (non-hydrogen) atoms. The SMILES string of the molecule is COc1ccc(N(CC(=O)NCCCSCc2cccc(C)c2)S(C)(=O)=O)cc1Cl. The molecule has 2 aromatic carbocycles. The van der Waals surface area contributed by atoms with Gasteiger partial charge < -0.3 is 10.1 Å². The van der Waals surface area contributed by atoms with Gasteiger partial charge in [0.2, 0.25) is 15.9 Å². The van der Waals surface area contributed by atoms with Gasteiger partial charge in [0.15, 0.2) is 0 Å². The van der Waals surface area contributed by atoms with E-state index in [0.717, 1.165) is 28.5 Å². The quantitative estimate of drug-likeness (QED) is 0.504. The van der Waals surface area contributed by atoms with Crippen molar-refractivity contribution >= 4 is 45.0 Å². The minimum atomic E-state index is -3.65. The molecule has 0 spiro atoms. The zero-order valence-corrected chi connectivity index (χ0v) is 19.7. The Bertz CT molecular complexity index is 967. The average Bonchev–Trinajstić information content (AvgIpc) is 2.68. The van der Waals surface area contributed by atoms with Crippen LogP contribution in [0.4, 0.5) is 5.69 Å². The fraction of sp³-hybridized carbons (Fsp3) is 0.381. The summed E-state index contributed by atoms with van der Waals surface area (Å²) >= 11 is 7.90. The van der Waals surface area contributed by atoms with Crippen LogP contribution in [0.2, 0.25) is 5.02 Å². The number of hydrogen-bond acceptors (Lipinski definition) is 5. The zero-order valence-electron chi connectivity index (χ0n) is 17.4. The maximum absolute atomic E-state index is 12.3. The fourth-order valence-electron chi connectivity index (χ4n) is 2.79. The van der Waals surface area contributed by atoms with E-state index in [9.17, 15) is 13.2 Å². The number of carbonyl (C=O) groups excluding carboxylic acids is 1. The lowest BCUT2D eigenvalue weighted by Crippen LogP contribution is -2.40. The third-order valence-corrected chi connectivity index (χ3v) is 6.80.